The second kappa shape index (κ2) is 14.4. The van der Waals surface area contributed by atoms with E-state index in [2.05, 4.69) is 34.2 Å². The number of carbonyl (C=O) groups is 3. The summed E-state index contributed by atoms with van der Waals surface area (Å²) in [6, 6.07) is 20.1. The number of aryl methyl sites for hydroxylation is 2. The zero-order valence-corrected chi connectivity index (χ0v) is 28.3. The SMILES string of the molecule is CCOc1cc(/C=C2\C(=O)NC(=O)N(c3ccc(OCc4ccc(Cl)cc4Cl)cc3)C2=O)cc(Br)c1OCc1ccc(C)c(C)c1. The Balaban J connectivity index is 1.35. The summed E-state index contributed by atoms with van der Waals surface area (Å²) < 4.78 is 18.4. The Morgan fingerprint density at radius 2 is 1.61 bits per heavy atom. The molecule has 4 amide bonds. The van der Waals surface area contributed by atoms with Crippen molar-refractivity contribution in [2.24, 2.45) is 0 Å². The number of halogens is 3. The number of nitrogens with one attached hydrogen (secondary N) is 1. The Morgan fingerprint density at radius 1 is 0.848 bits per heavy atom. The van der Waals surface area contributed by atoms with Crippen molar-refractivity contribution in [2.45, 2.75) is 34.0 Å². The van der Waals surface area contributed by atoms with Gasteiger partial charge in [-0.05, 0) is 114 Å². The van der Waals surface area contributed by atoms with Gasteiger partial charge in [-0.25, -0.2) is 9.69 Å². The Hall–Kier alpha value is -4.31. The van der Waals surface area contributed by atoms with Crippen molar-refractivity contribution in [1.29, 1.82) is 0 Å². The van der Waals surface area contributed by atoms with Crippen molar-refractivity contribution < 1.29 is 28.6 Å². The van der Waals surface area contributed by atoms with Crippen molar-refractivity contribution >= 4 is 68.7 Å². The highest BCUT2D eigenvalue weighted by Gasteiger charge is 2.37. The number of rotatable bonds is 10. The van der Waals surface area contributed by atoms with E-state index in [9.17, 15) is 14.4 Å². The predicted molar refractivity (Wildman–Crippen MR) is 182 cm³/mol. The molecule has 1 aliphatic heterocycles. The van der Waals surface area contributed by atoms with Crippen molar-refractivity contribution in [3.8, 4) is 17.2 Å². The van der Waals surface area contributed by atoms with Crippen molar-refractivity contribution in [3.05, 3.63) is 121 Å². The molecule has 0 unspecified atom stereocenters. The molecule has 1 saturated heterocycles. The second-order valence-electron chi connectivity index (χ2n) is 10.4. The van der Waals surface area contributed by atoms with Crippen LogP contribution in [0.1, 0.15) is 34.7 Å². The third-order valence-electron chi connectivity index (χ3n) is 7.20. The summed E-state index contributed by atoms with van der Waals surface area (Å²) in [7, 11) is 0. The van der Waals surface area contributed by atoms with Gasteiger partial charge in [-0.2, -0.15) is 0 Å². The average molecular weight is 724 g/mol. The lowest BCUT2D eigenvalue weighted by Gasteiger charge is -2.26. The number of barbiturate groups is 1. The van der Waals surface area contributed by atoms with Crippen LogP contribution in [0.25, 0.3) is 6.08 Å². The molecule has 1 heterocycles. The molecular weight excluding hydrogens is 695 g/mol. The van der Waals surface area contributed by atoms with E-state index in [0.717, 1.165) is 16.0 Å². The second-order valence-corrected chi connectivity index (χ2v) is 12.1. The van der Waals surface area contributed by atoms with Crippen LogP contribution in [0.4, 0.5) is 10.5 Å². The fraction of sp³-hybridized carbons (Fsp3) is 0.171. The number of carbonyl (C=O) groups excluding carboxylic acids is 3. The van der Waals surface area contributed by atoms with Gasteiger partial charge in [0.05, 0.1) is 16.8 Å². The van der Waals surface area contributed by atoms with E-state index in [-0.39, 0.29) is 17.9 Å². The number of urea groups is 1. The molecule has 0 radical (unpaired) electrons. The summed E-state index contributed by atoms with van der Waals surface area (Å²) in [6.45, 7) is 6.81. The van der Waals surface area contributed by atoms with E-state index >= 15 is 0 Å². The number of hydrogen-bond acceptors (Lipinski definition) is 6. The molecule has 1 fully saturated rings. The average Bonchev–Trinajstić information content (AvgIpc) is 3.01. The van der Waals surface area contributed by atoms with Crippen molar-refractivity contribution in [3.63, 3.8) is 0 Å². The topological polar surface area (TPSA) is 94.2 Å². The first kappa shape index (κ1) is 33.1. The maximum absolute atomic E-state index is 13.5. The minimum atomic E-state index is -0.861. The Kier molecular flexibility index (Phi) is 10.4. The summed E-state index contributed by atoms with van der Waals surface area (Å²) in [5.41, 5.74) is 4.63. The molecular formula is C35H29BrCl2N2O6. The number of ether oxygens (including phenoxy) is 3. The largest absolute Gasteiger partial charge is 0.490 e. The van der Waals surface area contributed by atoms with Crippen LogP contribution in [0.5, 0.6) is 17.2 Å². The van der Waals surface area contributed by atoms with Crippen LogP contribution in [0, 0.1) is 13.8 Å². The molecule has 0 bridgehead atoms. The van der Waals surface area contributed by atoms with Crippen LogP contribution in [0.2, 0.25) is 10.0 Å². The molecule has 4 aromatic carbocycles. The van der Waals surface area contributed by atoms with Crippen molar-refractivity contribution in [2.75, 3.05) is 11.5 Å². The van der Waals surface area contributed by atoms with Gasteiger partial charge in [0.2, 0.25) is 0 Å². The van der Waals surface area contributed by atoms with Gasteiger partial charge in [-0.1, -0.05) is 47.5 Å². The minimum absolute atomic E-state index is 0.189. The molecule has 4 aromatic rings. The van der Waals surface area contributed by atoms with E-state index in [1.165, 1.54) is 17.2 Å². The van der Waals surface area contributed by atoms with Crippen LogP contribution in [-0.4, -0.2) is 24.5 Å². The molecule has 0 saturated carbocycles. The standard InChI is InChI=1S/C35H29BrCl2N2O6/c1-4-44-31-16-23(15-29(36)32(31)46-18-22-6-5-20(2)21(3)13-22)14-28-33(41)39-35(43)40(34(28)42)26-9-11-27(12-10-26)45-19-24-7-8-25(37)17-30(24)38/h5-17H,4,18-19H2,1-3H3,(H,39,41,43)/b28-14+. The molecule has 0 spiro atoms. The maximum atomic E-state index is 13.5. The van der Waals surface area contributed by atoms with Crippen LogP contribution in [0.15, 0.2) is 82.8 Å². The molecule has 236 valence electrons. The monoisotopic (exact) mass is 722 g/mol. The molecule has 1 aliphatic rings. The third-order valence-corrected chi connectivity index (χ3v) is 8.38. The van der Waals surface area contributed by atoms with Gasteiger partial charge in [-0.15, -0.1) is 0 Å². The summed E-state index contributed by atoms with van der Waals surface area (Å²) in [6.07, 6.45) is 1.41. The summed E-state index contributed by atoms with van der Waals surface area (Å²) in [4.78, 5) is 40.1. The number of imide groups is 2. The number of anilines is 1. The van der Waals surface area contributed by atoms with Gasteiger partial charge in [0.15, 0.2) is 11.5 Å². The molecule has 5 rings (SSSR count). The van der Waals surface area contributed by atoms with Gasteiger partial charge in [0.25, 0.3) is 11.8 Å². The van der Waals surface area contributed by atoms with E-state index in [4.69, 9.17) is 37.4 Å². The normalized spacial score (nSPS) is 14.0. The van der Waals surface area contributed by atoms with Crippen LogP contribution in [0.3, 0.4) is 0 Å². The Bertz CT molecular complexity index is 1860. The first-order valence-corrected chi connectivity index (χ1v) is 15.8. The van der Waals surface area contributed by atoms with Gasteiger partial charge in [-0.3, -0.25) is 14.9 Å². The number of nitrogens with zero attached hydrogens (tertiary/aromatic N) is 1. The molecule has 1 N–H and O–H groups in total. The summed E-state index contributed by atoms with van der Waals surface area (Å²) in [5.74, 6) is -0.187. The first-order valence-electron chi connectivity index (χ1n) is 14.3. The van der Waals surface area contributed by atoms with E-state index in [0.29, 0.717) is 50.5 Å². The molecule has 11 heteroatoms. The lowest BCUT2D eigenvalue weighted by molar-refractivity contribution is -0.122. The van der Waals surface area contributed by atoms with Crippen LogP contribution >= 0.6 is 39.1 Å². The molecule has 0 atom stereocenters. The zero-order valence-electron chi connectivity index (χ0n) is 25.2. The van der Waals surface area contributed by atoms with Crippen LogP contribution < -0.4 is 24.4 Å². The zero-order chi connectivity index (χ0) is 33.0. The van der Waals surface area contributed by atoms with Gasteiger partial charge < -0.3 is 14.2 Å². The lowest BCUT2D eigenvalue weighted by Crippen LogP contribution is -2.54. The third kappa shape index (κ3) is 7.55. The van der Waals surface area contributed by atoms with E-state index < -0.39 is 17.8 Å². The van der Waals surface area contributed by atoms with Crippen molar-refractivity contribution in [1.82, 2.24) is 5.32 Å². The van der Waals surface area contributed by atoms with Crippen LogP contribution in [-0.2, 0) is 22.8 Å². The fourth-order valence-corrected chi connectivity index (χ4v) is 5.71. The predicted octanol–water partition coefficient (Wildman–Crippen LogP) is 8.60. The summed E-state index contributed by atoms with van der Waals surface area (Å²) >= 11 is 15.7. The number of amides is 4. The molecule has 8 nitrogen and oxygen atoms in total. The van der Waals surface area contributed by atoms with E-state index in [1.54, 1.807) is 54.6 Å². The quantitative estimate of drug-likeness (QED) is 0.130. The highest BCUT2D eigenvalue weighted by Crippen LogP contribution is 2.38. The number of benzene rings is 4. The smallest absolute Gasteiger partial charge is 0.335 e. The molecule has 46 heavy (non-hydrogen) atoms. The number of hydrogen-bond donors (Lipinski definition) is 1. The molecule has 0 aromatic heterocycles. The first-order chi connectivity index (χ1) is 22.0. The fourth-order valence-electron chi connectivity index (χ4n) is 4.67. The summed E-state index contributed by atoms with van der Waals surface area (Å²) in [5, 5.41) is 3.24. The van der Waals surface area contributed by atoms with Gasteiger partial charge in [0, 0.05) is 15.6 Å². The molecule has 0 aliphatic carbocycles. The Morgan fingerprint density at radius 3 is 2.30 bits per heavy atom. The maximum Gasteiger partial charge on any atom is 0.335 e. The minimum Gasteiger partial charge on any atom is -0.490 e. The van der Waals surface area contributed by atoms with E-state index in [1.807, 2.05) is 26.0 Å². The highest BCUT2D eigenvalue weighted by molar-refractivity contribution is 9.10. The Labute approximate surface area is 285 Å². The highest BCUT2D eigenvalue weighted by atomic mass is 79.9. The van der Waals surface area contributed by atoms with Gasteiger partial charge >= 0.3 is 6.03 Å². The lowest BCUT2D eigenvalue weighted by atomic mass is 10.1. The van der Waals surface area contributed by atoms with Gasteiger partial charge in [0.1, 0.15) is 24.5 Å².